The first-order valence-corrected chi connectivity index (χ1v) is 4.69. The number of rotatable bonds is 1. The van der Waals surface area contributed by atoms with E-state index in [0.717, 1.165) is 16.0 Å². The summed E-state index contributed by atoms with van der Waals surface area (Å²) < 4.78 is 24.9. The highest BCUT2D eigenvalue weighted by Gasteiger charge is 2.31. The van der Waals surface area contributed by atoms with E-state index < -0.39 is 6.55 Å². The minimum Gasteiger partial charge on any atom is -0.294 e. The van der Waals surface area contributed by atoms with Crippen LogP contribution in [-0.4, -0.2) is 46.0 Å². The third kappa shape index (κ3) is 1.20. The minimum atomic E-state index is -2.44. The van der Waals surface area contributed by atoms with Gasteiger partial charge in [0, 0.05) is 25.1 Å². The van der Waals surface area contributed by atoms with E-state index in [4.69, 9.17) is 0 Å². The number of nitrogens with zero attached hydrogens (tertiary/aromatic N) is 3. The molecule has 0 aliphatic carbocycles. The van der Waals surface area contributed by atoms with E-state index in [1.807, 2.05) is 6.92 Å². The summed E-state index contributed by atoms with van der Waals surface area (Å²) in [6.45, 7) is -0.594. The van der Waals surface area contributed by atoms with Gasteiger partial charge in [-0.3, -0.25) is 5.01 Å². The van der Waals surface area contributed by atoms with E-state index in [1.165, 1.54) is 5.12 Å². The molecule has 0 N–H and O–H groups in total. The predicted molar refractivity (Wildman–Crippen MR) is 46.0 cm³/mol. The minimum absolute atomic E-state index is 0.636. The lowest BCUT2D eigenvalue weighted by Crippen LogP contribution is -2.43. The van der Waals surface area contributed by atoms with Crippen molar-refractivity contribution >= 4 is 10.2 Å². The van der Waals surface area contributed by atoms with Crippen molar-refractivity contribution in [3.8, 4) is 0 Å². The van der Waals surface area contributed by atoms with Crippen molar-refractivity contribution in [1.29, 1.82) is 0 Å². The molecule has 0 amide bonds. The van der Waals surface area contributed by atoms with Crippen molar-refractivity contribution in [2.24, 2.45) is 0 Å². The molecule has 0 fully saturated rings. The van der Waals surface area contributed by atoms with Gasteiger partial charge in [-0.15, -0.1) is 5.12 Å². The van der Waals surface area contributed by atoms with Gasteiger partial charge in [0.25, 0.3) is 0 Å². The molecule has 12 heavy (non-hydrogen) atoms. The van der Waals surface area contributed by atoms with Crippen LogP contribution in [0.5, 0.6) is 0 Å². The van der Waals surface area contributed by atoms with Crippen LogP contribution in [-0.2, 0) is 0 Å². The van der Waals surface area contributed by atoms with Crippen LogP contribution in [0, 0.1) is 0 Å². The van der Waals surface area contributed by atoms with E-state index >= 15 is 0 Å². The first-order chi connectivity index (χ1) is 5.46. The van der Waals surface area contributed by atoms with Crippen molar-refractivity contribution in [1.82, 2.24) is 15.1 Å². The quantitative estimate of drug-likeness (QED) is 0.421. The summed E-state index contributed by atoms with van der Waals surface area (Å²) >= 11 is 0. The maximum atomic E-state index is 12.4. The molecule has 0 unspecified atom stereocenters. The maximum absolute atomic E-state index is 12.4. The molecule has 70 valence electrons. The second-order valence-electron chi connectivity index (χ2n) is 2.81. The zero-order valence-corrected chi connectivity index (χ0v) is 9.67. The molecule has 0 saturated heterocycles. The molecule has 3 nitrogen and oxygen atoms in total. The number of alkyl halides is 2. The Labute approximate surface area is 73.6 Å². The highest BCUT2D eigenvalue weighted by molar-refractivity contribution is 6.21. The maximum Gasteiger partial charge on any atom is 0.329 e. The fourth-order valence-electron chi connectivity index (χ4n) is 1.25. The summed E-state index contributed by atoms with van der Waals surface area (Å²) in [6, 6.07) is 0. The molecule has 0 bridgehead atoms. The van der Waals surface area contributed by atoms with Gasteiger partial charge in [-0.2, -0.15) is 8.78 Å². The van der Waals surface area contributed by atoms with Crippen LogP contribution in [0.1, 0.15) is 6.92 Å². The molecule has 6 heteroatoms. The first kappa shape index (κ1) is 9.46. The standard InChI is InChI=1S/C6H13F2N3Si/c1-4-5(12)11(6(7)8)10(3)9(4)2/h6H,1-3,12H3. The molecular weight excluding hydrogens is 180 g/mol. The van der Waals surface area contributed by atoms with Gasteiger partial charge >= 0.3 is 6.55 Å². The lowest BCUT2D eigenvalue weighted by atomic mass is 10.5. The summed E-state index contributed by atoms with van der Waals surface area (Å²) in [6.07, 6.45) is 0. The SMILES string of the molecule is CC1=C([SiH3])N(C(F)F)N(C)N1C. The van der Waals surface area contributed by atoms with Gasteiger partial charge in [0.15, 0.2) is 0 Å². The lowest BCUT2D eigenvalue weighted by molar-refractivity contribution is -0.174. The Morgan fingerprint density at radius 1 is 1.33 bits per heavy atom. The Hall–Kier alpha value is -0.623. The van der Waals surface area contributed by atoms with Gasteiger partial charge in [-0.1, -0.05) is 0 Å². The summed E-state index contributed by atoms with van der Waals surface area (Å²) in [5.74, 6) is 0. The van der Waals surface area contributed by atoms with Gasteiger partial charge in [-0.05, 0) is 6.92 Å². The number of hydrazine groups is 2. The van der Waals surface area contributed by atoms with E-state index in [0.29, 0.717) is 10.2 Å². The van der Waals surface area contributed by atoms with Gasteiger partial charge in [-0.25, -0.2) is 5.01 Å². The molecule has 0 radical (unpaired) electrons. The van der Waals surface area contributed by atoms with Crippen LogP contribution >= 0.6 is 0 Å². The van der Waals surface area contributed by atoms with Gasteiger partial charge in [0.2, 0.25) is 0 Å². The second-order valence-corrected chi connectivity index (χ2v) is 3.75. The van der Waals surface area contributed by atoms with Crippen LogP contribution in [0.25, 0.3) is 0 Å². The molecule has 0 aromatic carbocycles. The molecule has 1 aliphatic heterocycles. The zero-order valence-electron chi connectivity index (χ0n) is 7.67. The third-order valence-electron chi connectivity index (χ3n) is 2.28. The van der Waals surface area contributed by atoms with E-state index in [1.54, 1.807) is 19.1 Å². The van der Waals surface area contributed by atoms with E-state index in [2.05, 4.69) is 0 Å². The van der Waals surface area contributed by atoms with Crippen LogP contribution in [0.15, 0.2) is 11.0 Å². The molecule has 1 heterocycles. The fourth-order valence-corrected chi connectivity index (χ4v) is 2.06. The smallest absolute Gasteiger partial charge is 0.294 e. The van der Waals surface area contributed by atoms with Crippen molar-refractivity contribution in [3.05, 3.63) is 11.0 Å². The lowest BCUT2D eigenvalue weighted by Gasteiger charge is -2.30. The number of halogens is 2. The monoisotopic (exact) mass is 193 g/mol. The normalized spacial score (nSPS) is 20.5. The Morgan fingerprint density at radius 3 is 2.00 bits per heavy atom. The van der Waals surface area contributed by atoms with Crippen LogP contribution in [0.4, 0.5) is 8.78 Å². The van der Waals surface area contributed by atoms with Gasteiger partial charge in [0.05, 0.1) is 10.2 Å². The molecule has 0 saturated carbocycles. The van der Waals surface area contributed by atoms with Crippen molar-refractivity contribution in [3.63, 3.8) is 0 Å². The van der Waals surface area contributed by atoms with Crippen molar-refractivity contribution in [2.75, 3.05) is 14.1 Å². The first-order valence-electron chi connectivity index (χ1n) is 3.69. The summed E-state index contributed by atoms with van der Waals surface area (Å²) in [7, 11) is 4.04. The second kappa shape index (κ2) is 3.02. The molecule has 0 atom stereocenters. The van der Waals surface area contributed by atoms with Crippen LogP contribution < -0.4 is 0 Å². The Bertz CT molecular complexity index is 219. The topological polar surface area (TPSA) is 9.72 Å². The Morgan fingerprint density at radius 2 is 1.83 bits per heavy atom. The summed E-state index contributed by atoms with van der Waals surface area (Å²) in [5, 5.41) is 4.90. The number of hydrogen-bond acceptors (Lipinski definition) is 3. The molecule has 0 aromatic rings. The average molecular weight is 193 g/mol. The third-order valence-corrected chi connectivity index (χ3v) is 3.47. The van der Waals surface area contributed by atoms with Crippen LogP contribution in [0.2, 0.25) is 0 Å². The Kier molecular flexibility index (Phi) is 2.38. The zero-order chi connectivity index (χ0) is 9.46. The molecule has 1 rings (SSSR count). The Balaban J connectivity index is 2.91. The fraction of sp³-hybridized carbons (Fsp3) is 0.667. The molecule has 0 aromatic heterocycles. The summed E-state index contributed by atoms with van der Waals surface area (Å²) in [5.41, 5.74) is 0.907. The predicted octanol–water partition coefficient (Wildman–Crippen LogP) is -0.227. The summed E-state index contributed by atoms with van der Waals surface area (Å²) in [4.78, 5) is 0. The van der Waals surface area contributed by atoms with Crippen LogP contribution in [0.3, 0.4) is 0 Å². The number of allylic oxidation sites excluding steroid dienone is 1. The highest BCUT2D eigenvalue weighted by atomic mass is 28.1. The largest absolute Gasteiger partial charge is 0.329 e. The highest BCUT2D eigenvalue weighted by Crippen LogP contribution is 2.25. The molecular formula is C6H13F2N3Si. The van der Waals surface area contributed by atoms with E-state index in [9.17, 15) is 8.78 Å². The molecule has 0 spiro atoms. The van der Waals surface area contributed by atoms with Crippen molar-refractivity contribution in [2.45, 2.75) is 13.5 Å². The van der Waals surface area contributed by atoms with Gasteiger partial charge < -0.3 is 0 Å². The van der Waals surface area contributed by atoms with Crippen molar-refractivity contribution < 1.29 is 8.78 Å². The van der Waals surface area contributed by atoms with Gasteiger partial charge in [0.1, 0.15) is 0 Å². The average Bonchev–Trinajstić information content (AvgIpc) is 2.16. The molecule has 1 aliphatic rings. The van der Waals surface area contributed by atoms with E-state index in [-0.39, 0.29) is 0 Å². The number of hydrogen-bond donors (Lipinski definition) is 0.